The van der Waals surface area contributed by atoms with Gasteiger partial charge in [-0.2, -0.15) is 0 Å². The van der Waals surface area contributed by atoms with Gasteiger partial charge in [0.05, 0.1) is 17.9 Å². The standard InChI is InChI=1S/C20H23N3O2S/c1-2-12-21-20(25)14-22-19(24)11-13-23-15-7-3-5-9-17(15)26-18-10-6-4-8-16(18)23/h3-10H,2,11-14H2,1H3,(H,21,25)(H,22,24). The van der Waals surface area contributed by atoms with Crippen molar-refractivity contribution in [3.63, 3.8) is 0 Å². The summed E-state index contributed by atoms with van der Waals surface area (Å²) < 4.78 is 0. The first kappa shape index (κ1) is 18.3. The van der Waals surface area contributed by atoms with E-state index in [-0.39, 0.29) is 18.4 Å². The Kier molecular flexibility index (Phi) is 6.17. The van der Waals surface area contributed by atoms with Crippen molar-refractivity contribution < 1.29 is 9.59 Å². The quantitative estimate of drug-likeness (QED) is 0.786. The minimum atomic E-state index is -0.148. The van der Waals surface area contributed by atoms with E-state index in [1.165, 1.54) is 9.79 Å². The van der Waals surface area contributed by atoms with Gasteiger partial charge in [0.2, 0.25) is 11.8 Å². The number of fused-ring (bicyclic) bond motifs is 2. The van der Waals surface area contributed by atoms with Crippen LogP contribution in [0.5, 0.6) is 0 Å². The number of nitrogens with one attached hydrogen (secondary N) is 2. The second kappa shape index (κ2) is 8.76. The van der Waals surface area contributed by atoms with Gasteiger partial charge in [0.25, 0.3) is 0 Å². The van der Waals surface area contributed by atoms with Crippen LogP contribution in [0.3, 0.4) is 0 Å². The van der Waals surface area contributed by atoms with Crippen LogP contribution < -0.4 is 15.5 Å². The predicted octanol–water partition coefficient (Wildman–Crippen LogP) is 3.32. The van der Waals surface area contributed by atoms with Crippen LogP contribution in [0.4, 0.5) is 11.4 Å². The number of carbonyl (C=O) groups is 2. The minimum Gasteiger partial charge on any atom is -0.355 e. The molecule has 136 valence electrons. The van der Waals surface area contributed by atoms with Gasteiger partial charge in [-0.05, 0) is 30.7 Å². The summed E-state index contributed by atoms with van der Waals surface area (Å²) in [5.74, 6) is -0.268. The summed E-state index contributed by atoms with van der Waals surface area (Å²) in [5, 5.41) is 5.45. The van der Waals surface area contributed by atoms with E-state index in [1.807, 2.05) is 31.2 Å². The van der Waals surface area contributed by atoms with Crippen molar-refractivity contribution in [1.82, 2.24) is 10.6 Å². The molecule has 1 aliphatic rings. The Morgan fingerprint density at radius 2 is 1.54 bits per heavy atom. The molecule has 0 aliphatic carbocycles. The predicted molar refractivity (Wildman–Crippen MR) is 105 cm³/mol. The lowest BCUT2D eigenvalue weighted by Gasteiger charge is -2.32. The van der Waals surface area contributed by atoms with E-state index in [1.54, 1.807) is 11.8 Å². The maximum Gasteiger partial charge on any atom is 0.239 e. The molecule has 0 unspecified atom stereocenters. The number of para-hydroxylation sites is 2. The maximum atomic E-state index is 12.2. The van der Waals surface area contributed by atoms with Crippen molar-refractivity contribution in [2.45, 2.75) is 29.6 Å². The fourth-order valence-corrected chi connectivity index (χ4v) is 3.93. The molecule has 0 fully saturated rings. The normalized spacial score (nSPS) is 12.1. The molecule has 0 atom stereocenters. The zero-order chi connectivity index (χ0) is 18.4. The van der Waals surface area contributed by atoms with Crippen molar-refractivity contribution >= 4 is 35.0 Å². The van der Waals surface area contributed by atoms with Gasteiger partial charge in [-0.15, -0.1) is 0 Å². The molecule has 0 bridgehead atoms. The van der Waals surface area contributed by atoms with Crippen molar-refractivity contribution in [2.24, 2.45) is 0 Å². The molecular formula is C20H23N3O2S. The van der Waals surface area contributed by atoms with Crippen LogP contribution in [-0.2, 0) is 9.59 Å². The zero-order valence-corrected chi connectivity index (χ0v) is 15.6. The van der Waals surface area contributed by atoms with Crippen LogP contribution in [0.1, 0.15) is 19.8 Å². The van der Waals surface area contributed by atoms with E-state index in [2.05, 4.69) is 39.8 Å². The van der Waals surface area contributed by atoms with E-state index in [0.717, 1.165) is 17.8 Å². The molecule has 26 heavy (non-hydrogen) atoms. The van der Waals surface area contributed by atoms with E-state index in [4.69, 9.17) is 0 Å². The Bertz CT molecular complexity index is 749. The Labute approximate surface area is 158 Å². The third-order valence-electron chi connectivity index (χ3n) is 4.11. The fraction of sp³-hybridized carbons (Fsp3) is 0.300. The molecule has 3 rings (SSSR count). The smallest absolute Gasteiger partial charge is 0.239 e. The summed E-state index contributed by atoms with van der Waals surface area (Å²) in [4.78, 5) is 28.3. The van der Waals surface area contributed by atoms with Gasteiger partial charge in [-0.25, -0.2) is 0 Å². The van der Waals surface area contributed by atoms with Gasteiger partial charge in [-0.3, -0.25) is 9.59 Å². The van der Waals surface area contributed by atoms with Gasteiger partial charge in [0.15, 0.2) is 0 Å². The molecule has 0 radical (unpaired) electrons. The largest absolute Gasteiger partial charge is 0.355 e. The first-order chi connectivity index (χ1) is 12.7. The van der Waals surface area contributed by atoms with E-state index >= 15 is 0 Å². The van der Waals surface area contributed by atoms with Gasteiger partial charge < -0.3 is 15.5 Å². The molecule has 5 nitrogen and oxygen atoms in total. The van der Waals surface area contributed by atoms with Crippen LogP contribution in [0.2, 0.25) is 0 Å². The third-order valence-corrected chi connectivity index (χ3v) is 5.24. The van der Waals surface area contributed by atoms with Gasteiger partial charge in [0.1, 0.15) is 0 Å². The number of hydrogen-bond acceptors (Lipinski definition) is 4. The topological polar surface area (TPSA) is 61.4 Å². The molecule has 2 aromatic rings. The molecule has 1 heterocycles. The summed E-state index contributed by atoms with van der Waals surface area (Å²) in [6.45, 7) is 3.22. The SMILES string of the molecule is CCCNC(=O)CNC(=O)CCN1c2ccccc2Sc2ccccc21. The van der Waals surface area contributed by atoms with Crippen LogP contribution in [0.15, 0.2) is 58.3 Å². The van der Waals surface area contributed by atoms with Crippen molar-refractivity contribution in [3.8, 4) is 0 Å². The van der Waals surface area contributed by atoms with Crippen molar-refractivity contribution in [2.75, 3.05) is 24.5 Å². The van der Waals surface area contributed by atoms with E-state index in [9.17, 15) is 9.59 Å². The number of benzene rings is 2. The van der Waals surface area contributed by atoms with Crippen molar-refractivity contribution in [1.29, 1.82) is 0 Å². The molecule has 0 aromatic heterocycles. The Balaban J connectivity index is 1.63. The summed E-state index contributed by atoms with van der Waals surface area (Å²) in [7, 11) is 0. The van der Waals surface area contributed by atoms with Gasteiger partial charge >= 0.3 is 0 Å². The van der Waals surface area contributed by atoms with Gasteiger partial charge in [0, 0.05) is 29.3 Å². The minimum absolute atomic E-state index is 0.0296. The highest BCUT2D eigenvalue weighted by Crippen LogP contribution is 2.47. The first-order valence-electron chi connectivity index (χ1n) is 8.86. The molecule has 2 amide bonds. The second-order valence-corrected chi connectivity index (χ2v) is 7.15. The lowest BCUT2D eigenvalue weighted by atomic mass is 10.2. The monoisotopic (exact) mass is 369 g/mol. The molecule has 2 aromatic carbocycles. The highest BCUT2D eigenvalue weighted by atomic mass is 32.2. The number of carbonyl (C=O) groups excluding carboxylic acids is 2. The van der Waals surface area contributed by atoms with Crippen LogP contribution >= 0.6 is 11.8 Å². The number of nitrogens with zero attached hydrogens (tertiary/aromatic N) is 1. The van der Waals surface area contributed by atoms with Crippen LogP contribution in [0.25, 0.3) is 0 Å². The summed E-state index contributed by atoms with van der Waals surface area (Å²) in [6, 6.07) is 16.4. The average Bonchev–Trinajstić information content (AvgIpc) is 2.67. The maximum absolute atomic E-state index is 12.2. The summed E-state index contributed by atoms with van der Waals surface area (Å²) in [5.41, 5.74) is 2.23. The Hall–Kier alpha value is -2.47. The van der Waals surface area contributed by atoms with E-state index < -0.39 is 0 Å². The van der Waals surface area contributed by atoms with E-state index in [0.29, 0.717) is 19.5 Å². The Morgan fingerprint density at radius 1 is 0.923 bits per heavy atom. The molecule has 6 heteroatoms. The molecular weight excluding hydrogens is 346 g/mol. The molecule has 0 saturated heterocycles. The molecule has 2 N–H and O–H groups in total. The number of amides is 2. The second-order valence-electron chi connectivity index (χ2n) is 6.07. The zero-order valence-electron chi connectivity index (χ0n) is 14.8. The fourth-order valence-electron chi connectivity index (χ4n) is 2.83. The Morgan fingerprint density at radius 3 is 2.15 bits per heavy atom. The number of rotatable bonds is 7. The lowest BCUT2D eigenvalue weighted by Crippen LogP contribution is -2.38. The highest BCUT2D eigenvalue weighted by molar-refractivity contribution is 7.99. The summed E-state index contributed by atoms with van der Waals surface area (Å²) >= 11 is 1.75. The summed E-state index contributed by atoms with van der Waals surface area (Å²) in [6.07, 6.45) is 1.21. The molecule has 0 saturated carbocycles. The third kappa shape index (κ3) is 4.38. The number of hydrogen-bond donors (Lipinski definition) is 2. The van der Waals surface area contributed by atoms with Crippen molar-refractivity contribution in [3.05, 3.63) is 48.5 Å². The lowest BCUT2D eigenvalue weighted by molar-refractivity contribution is -0.126. The first-order valence-corrected chi connectivity index (χ1v) is 9.67. The van der Waals surface area contributed by atoms with Crippen LogP contribution in [-0.4, -0.2) is 31.4 Å². The molecule has 1 aliphatic heterocycles. The van der Waals surface area contributed by atoms with Crippen LogP contribution in [0, 0.1) is 0 Å². The average molecular weight is 369 g/mol. The van der Waals surface area contributed by atoms with Gasteiger partial charge in [-0.1, -0.05) is 43.0 Å². The number of anilines is 2. The molecule has 0 spiro atoms. The highest BCUT2D eigenvalue weighted by Gasteiger charge is 2.23.